The quantitative estimate of drug-likeness (QED) is 0.876. The number of rotatable bonds is 5. The van der Waals surface area contributed by atoms with Crippen LogP contribution in [0.2, 0.25) is 5.02 Å². The summed E-state index contributed by atoms with van der Waals surface area (Å²) < 4.78 is 5.87. The number of benzene rings is 1. The van der Waals surface area contributed by atoms with E-state index in [1.165, 1.54) is 25.7 Å². The summed E-state index contributed by atoms with van der Waals surface area (Å²) in [4.78, 5) is 0. The molecule has 1 aliphatic rings. The smallest absolute Gasteiger partial charge is 0.119 e. The molecule has 1 aromatic rings. The number of nitrogens with one attached hydrogen (secondary N) is 1. The van der Waals surface area contributed by atoms with Crippen LogP contribution < -0.4 is 10.1 Å². The zero-order valence-corrected chi connectivity index (χ0v) is 12.6. The maximum atomic E-state index is 5.87. The lowest BCUT2D eigenvalue weighted by atomic mass is 9.79. The molecular formula is C16H24ClNO. The summed E-state index contributed by atoms with van der Waals surface area (Å²) in [7, 11) is 2.04. The van der Waals surface area contributed by atoms with Crippen LogP contribution in [0, 0.1) is 11.8 Å². The first kappa shape index (κ1) is 14.7. The lowest BCUT2D eigenvalue weighted by molar-refractivity contribution is 0.176. The van der Waals surface area contributed by atoms with Crippen molar-refractivity contribution in [1.82, 2.24) is 5.32 Å². The highest BCUT2D eigenvalue weighted by Crippen LogP contribution is 2.30. The Morgan fingerprint density at radius 1 is 1.21 bits per heavy atom. The first-order chi connectivity index (χ1) is 9.19. The molecule has 19 heavy (non-hydrogen) atoms. The van der Waals surface area contributed by atoms with E-state index in [1.807, 2.05) is 31.3 Å². The number of halogens is 1. The molecule has 0 amide bonds. The van der Waals surface area contributed by atoms with Crippen molar-refractivity contribution < 1.29 is 4.74 Å². The van der Waals surface area contributed by atoms with Crippen molar-refractivity contribution in [3.05, 3.63) is 29.3 Å². The summed E-state index contributed by atoms with van der Waals surface area (Å²) >= 11 is 5.87. The van der Waals surface area contributed by atoms with E-state index in [4.69, 9.17) is 16.3 Å². The van der Waals surface area contributed by atoms with E-state index in [9.17, 15) is 0 Å². The number of hydrogen-bond donors (Lipinski definition) is 1. The number of likely N-dealkylation sites (N-methyl/N-ethyl adjacent to an activating group) is 1. The zero-order valence-electron chi connectivity index (χ0n) is 11.9. The Morgan fingerprint density at radius 2 is 1.84 bits per heavy atom. The molecule has 1 N–H and O–H groups in total. The van der Waals surface area contributed by atoms with Crippen LogP contribution in [0.1, 0.15) is 32.6 Å². The monoisotopic (exact) mass is 281 g/mol. The van der Waals surface area contributed by atoms with Gasteiger partial charge in [0.2, 0.25) is 0 Å². The average molecular weight is 282 g/mol. The van der Waals surface area contributed by atoms with Crippen molar-refractivity contribution in [2.24, 2.45) is 11.8 Å². The maximum Gasteiger partial charge on any atom is 0.119 e. The molecule has 0 saturated heterocycles. The standard InChI is InChI=1S/C16H24ClNO/c1-12-3-5-13(6-4-12)16(18-2)11-19-15-9-7-14(17)8-10-15/h7-10,12-13,16,18H,3-6,11H2,1-2H3. The van der Waals surface area contributed by atoms with Crippen LogP contribution in [0.5, 0.6) is 5.75 Å². The first-order valence-corrected chi connectivity index (χ1v) is 7.62. The van der Waals surface area contributed by atoms with Crippen molar-refractivity contribution in [2.75, 3.05) is 13.7 Å². The van der Waals surface area contributed by atoms with Gasteiger partial charge in [0.05, 0.1) is 0 Å². The zero-order chi connectivity index (χ0) is 13.7. The van der Waals surface area contributed by atoms with Crippen LogP contribution in [0.4, 0.5) is 0 Å². The molecule has 1 aliphatic carbocycles. The minimum absolute atomic E-state index is 0.447. The molecule has 1 fully saturated rings. The molecule has 1 aromatic carbocycles. The molecule has 1 atom stereocenters. The van der Waals surface area contributed by atoms with Gasteiger partial charge < -0.3 is 10.1 Å². The first-order valence-electron chi connectivity index (χ1n) is 7.24. The van der Waals surface area contributed by atoms with Gasteiger partial charge in [-0.25, -0.2) is 0 Å². The molecule has 1 saturated carbocycles. The Morgan fingerprint density at radius 3 is 2.42 bits per heavy atom. The second-order valence-electron chi connectivity index (χ2n) is 5.68. The van der Waals surface area contributed by atoms with Crippen molar-refractivity contribution >= 4 is 11.6 Å². The van der Waals surface area contributed by atoms with Gasteiger partial charge in [0, 0.05) is 11.1 Å². The van der Waals surface area contributed by atoms with Gasteiger partial charge in [0.15, 0.2) is 0 Å². The van der Waals surface area contributed by atoms with Crippen molar-refractivity contribution in [3.8, 4) is 5.75 Å². The second-order valence-corrected chi connectivity index (χ2v) is 6.12. The van der Waals surface area contributed by atoms with Crippen LogP contribution in [0.25, 0.3) is 0 Å². The summed E-state index contributed by atoms with van der Waals surface area (Å²) in [6.07, 6.45) is 5.33. The van der Waals surface area contributed by atoms with Gasteiger partial charge >= 0.3 is 0 Å². The summed E-state index contributed by atoms with van der Waals surface area (Å²) in [6, 6.07) is 8.04. The fourth-order valence-electron chi connectivity index (χ4n) is 2.86. The third-order valence-electron chi connectivity index (χ3n) is 4.24. The Labute approximate surface area is 121 Å². The largest absolute Gasteiger partial charge is 0.492 e. The molecule has 0 heterocycles. The van der Waals surface area contributed by atoms with E-state index in [0.29, 0.717) is 6.04 Å². The molecule has 106 valence electrons. The molecule has 1 unspecified atom stereocenters. The summed E-state index contributed by atoms with van der Waals surface area (Å²) in [6.45, 7) is 3.09. The van der Waals surface area contributed by atoms with E-state index >= 15 is 0 Å². The molecule has 3 heteroatoms. The fraction of sp³-hybridized carbons (Fsp3) is 0.625. The molecule has 2 rings (SSSR count). The second kappa shape index (κ2) is 7.16. The van der Waals surface area contributed by atoms with Crippen LogP contribution >= 0.6 is 11.6 Å². The summed E-state index contributed by atoms with van der Waals surface area (Å²) in [5, 5.41) is 4.17. The Hall–Kier alpha value is -0.730. The average Bonchev–Trinajstić information content (AvgIpc) is 2.43. The van der Waals surface area contributed by atoms with E-state index in [2.05, 4.69) is 12.2 Å². The van der Waals surface area contributed by atoms with Gasteiger partial charge in [-0.2, -0.15) is 0 Å². The SMILES string of the molecule is CNC(COc1ccc(Cl)cc1)C1CCC(C)CC1. The Kier molecular flexibility index (Phi) is 5.53. The third kappa shape index (κ3) is 4.39. The van der Waals surface area contributed by atoms with Gasteiger partial charge in [-0.15, -0.1) is 0 Å². The van der Waals surface area contributed by atoms with Gasteiger partial charge in [-0.1, -0.05) is 31.4 Å². The van der Waals surface area contributed by atoms with Crippen LogP contribution in [-0.2, 0) is 0 Å². The third-order valence-corrected chi connectivity index (χ3v) is 4.50. The molecule has 0 radical (unpaired) electrons. The topological polar surface area (TPSA) is 21.3 Å². The molecule has 0 bridgehead atoms. The van der Waals surface area contributed by atoms with E-state index in [0.717, 1.165) is 29.2 Å². The normalized spacial score (nSPS) is 25.0. The highest BCUT2D eigenvalue weighted by atomic mass is 35.5. The highest BCUT2D eigenvalue weighted by molar-refractivity contribution is 6.30. The van der Waals surface area contributed by atoms with Gasteiger partial charge in [0.1, 0.15) is 12.4 Å². The van der Waals surface area contributed by atoms with Crippen molar-refractivity contribution in [1.29, 1.82) is 0 Å². The van der Waals surface area contributed by atoms with Gasteiger partial charge in [-0.3, -0.25) is 0 Å². The van der Waals surface area contributed by atoms with Crippen LogP contribution in [0.15, 0.2) is 24.3 Å². The van der Waals surface area contributed by atoms with E-state index in [-0.39, 0.29) is 0 Å². The lowest BCUT2D eigenvalue weighted by Crippen LogP contribution is -2.40. The minimum Gasteiger partial charge on any atom is -0.492 e. The Balaban J connectivity index is 1.83. The molecule has 0 spiro atoms. The lowest BCUT2D eigenvalue weighted by Gasteiger charge is -2.32. The van der Waals surface area contributed by atoms with Gasteiger partial charge in [0.25, 0.3) is 0 Å². The van der Waals surface area contributed by atoms with E-state index < -0.39 is 0 Å². The minimum atomic E-state index is 0.447. The number of ether oxygens (including phenoxy) is 1. The van der Waals surface area contributed by atoms with Crippen molar-refractivity contribution in [3.63, 3.8) is 0 Å². The predicted octanol–water partition coefficient (Wildman–Crippen LogP) is 4.13. The number of hydrogen-bond acceptors (Lipinski definition) is 2. The predicted molar refractivity (Wildman–Crippen MR) is 80.9 cm³/mol. The van der Waals surface area contributed by atoms with Crippen molar-refractivity contribution in [2.45, 2.75) is 38.6 Å². The van der Waals surface area contributed by atoms with E-state index in [1.54, 1.807) is 0 Å². The Bertz CT molecular complexity index is 371. The molecular weight excluding hydrogens is 258 g/mol. The van der Waals surface area contributed by atoms with Crippen LogP contribution in [0.3, 0.4) is 0 Å². The highest BCUT2D eigenvalue weighted by Gasteiger charge is 2.25. The van der Waals surface area contributed by atoms with Crippen LogP contribution in [-0.4, -0.2) is 19.7 Å². The maximum absolute atomic E-state index is 5.87. The summed E-state index contributed by atoms with van der Waals surface area (Å²) in [5.74, 6) is 2.54. The fourth-order valence-corrected chi connectivity index (χ4v) is 2.99. The van der Waals surface area contributed by atoms with Gasteiger partial charge in [-0.05, 0) is 56.0 Å². The molecule has 0 aromatic heterocycles. The molecule has 2 nitrogen and oxygen atoms in total. The summed E-state index contributed by atoms with van der Waals surface area (Å²) in [5.41, 5.74) is 0. The molecule has 0 aliphatic heterocycles.